The number of likely N-dealkylation sites (tertiary alicyclic amines) is 1. The molecule has 1 heterocycles. The molecular formula is C17H27FN2O. The maximum Gasteiger partial charge on any atom is 0.123 e. The number of benzene rings is 1. The van der Waals surface area contributed by atoms with E-state index in [0.717, 1.165) is 6.54 Å². The summed E-state index contributed by atoms with van der Waals surface area (Å²) in [5.41, 5.74) is 0.624. The fourth-order valence-corrected chi connectivity index (χ4v) is 3.14. The quantitative estimate of drug-likeness (QED) is 0.845. The first-order chi connectivity index (χ1) is 9.99. The number of rotatable bonds is 6. The molecule has 1 saturated heterocycles. The average molecular weight is 294 g/mol. The van der Waals surface area contributed by atoms with E-state index in [4.69, 9.17) is 0 Å². The summed E-state index contributed by atoms with van der Waals surface area (Å²) in [5, 5.41) is 13.3. The number of nitrogens with zero attached hydrogens (tertiary/aromatic N) is 1. The highest BCUT2D eigenvalue weighted by Crippen LogP contribution is 2.25. The van der Waals surface area contributed by atoms with Crippen LogP contribution in [0.4, 0.5) is 4.39 Å². The molecule has 1 aliphatic rings. The van der Waals surface area contributed by atoms with E-state index in [0.29, 0.717) is 17.5 Å². The zero-order valence-electron chi connectivity index (χ0n) is 13.3. The summed E-state index contributed by atoms with van der Waals surface area (Å²) < 4.78 is 13.3. The second-order valence-electron chi connectivity index (χ2n) is 6.39. The molecule has 0 spiro atoms. The van der Waals surface area contributed by atoms with Crippen molar-refractivity contribution < 1.29 is 9.50 Å². The molecule has 0 amide bonds. The maximum absolute atomic E-state index is 13.3. The second kappa shape index (κ2) is 7.23. The number of hydrogen-bond donors (Lipinski definition) is 2. The van der Waals surface area contributed by atoms with Crippen LogP contribution in [0.15, 0.2) is 18.2 Å². The summed E-state index contributed by atoms with van der Waals surface area (Å²) in [5.74, 6) is 0.416. The first-order valence-electron chi connectivity index (χ1n) is 7.95. The summed E-state index contributed by atoms with van der Waals surface area (Å²) in [4.78, 5) is 2.54. The van der Waals surface area contributed by atoms with Crippen molar-refractivity contribution in [1.82, 2.24) is 10.2 Å². The fourth-order valence-electron chi connectivity index (χ4n) is 3.14. The SMILES string of the molecule is CC(NCC(C(C)C)N1CCCC1)c1cc(F)ccc1O. The van der Waals surface area contributed by atoms with Crippen LogP contribution < -0.4 is 5.32 Å². The molecule has 118 valence electrons. The van der Waals surface area contributed by atoms with Gasteiger partial charge in [0.05, 0.1) is 0 Å². The zero-order chi connectivity index (χ0) is 15.4. The summed E-state index contributed by atoms with van der Waals surface area (Å²) in [6.07, 6.45) is 2.56. The van der Waals surface area contributed by atoms with Gasteiger partial charge in [0.1, 0.15) is 11.6 Å². The Bertz CT molecular complexity index is 458. The van der Waals surface area contributed by atoms with Crippen LogP contribution in [-0.4, -0.2) is 35.7 Å². The third-order valence-corrected chi connectivity index (χ3v) is 4.47. The number of nitrogens with one attached hydrogen (secondary N) is 1. The molecule has 0 aromatic heterocycles. The van der Waals surface area contributed by atoms with Crippen molar-refractivity contribution in [3.63, 3.8) is 0 Å². The van der Waals surface area contributed by atoms with Gasteiger partial charge >= 0.3 is 0 Å². The van der Waals surface area contributed by atoms with E-state index < -0.39 is 0 Å². The molecule has 1 aromatic rings. The van der Waals surface area contributed by atoms with Crippen LogP contribution in [0.5, 0.6) is 5.75 Å². The lowest BCUT2D eigenvalue weighted by atomic mass is 10.0. The van der Waals surface area contributed by atoms with Crippen molar-refractivity contribution in [3.8, 4) is 5.75 Å². The van der Waals surface area contributed by atoms with E-state index in [-0.39, 0.29) is 17.6 Å². The van der Waals surface area contributed by atoms with Gasteiger partial charge in [-0.3, -0.25) is 4.90 Å². The van der Waals surface area contributed by atoms with E-state index in [1.54, 1.807) is 0 Å². The highest BCUT2D eigenvalue weighted by Gasteiger charge is 2.25. The summed E-state index contributed by atoms with van der Waals surface area (Å²) in [7, 11) is 0. The predicted octanol–water partition coefficient (Wildman–Crippen LogP) is 3.30. The molecule has 0 saturated carbocycles. The zero-order valence-corrected chi connectivity index (χ0v) is 13.3. The van der Waals surface area contributed by atoms with E-state index in [2.05, 4.69) is 24.1 Å². The Morgan fingerprint density at radius 1 is 1.24 bits per heavy atom. The smallest absolute Gasteiger partial charge is 0.123 e. The molecule has 2 rings (SSSR count). The van der Waals surface area contributed by atoms with Crippen molar-refractivity contribution in [2.24, 2.45) is 5.92 Å². The van der Waals surface area contributed by atoms with Gasteiger partial charge in [0.2, 0.25) is 0 Å². The van der Waals surface area contributed by atoms with Crippen LogP contribution in [0.2, 0.25) is 0 Å². The molecule has 2 unspecified atom stereocenters. The number of aromatic hydroxyl groups is 1. The standard InChI is InChI=1S/C17H27FN2O/c1-12(2)16(20-8-4-5-9-20)11-19-13(3)15-10-14(18)6-7-17(15)21/h6-7,10,12-13,16,19,21H,4-5,8-9,11H2,1-3H3. The van der Waals surface area contributed by atoms with Gasteiger partial charge in [0, 0.05) is 24.2 Å². The minimum Gasteiger partial charge on any atom is -0.508 e. The molecule has 1 aliphatic heterocycles. The van der Waals surface area contributed by atoms with Gasteiger partial charge in [-0.2, -0.15) is 0 Å². The lowest BCUT2D eigenvalue weighted by Gasteiger charge is -2.32. The van der Waals surface area contributed by atoms with Gasteiger partial charge in [-0.1, -0.05) is 13.8 Å². The monoisotopic (exact) mass is 294 g/mol. The van der Waals surface area contributed by atoms with Crippen LogP contribution in [-0.2, 0) is 0 Å². The molecule has 1 fully saturated rings. The molecule has 3 nitrogen and oxygen atoms in total. The average Bonchev–Trinajstić information content (AvgIpc) is 2.95. The van der Waals surface area contributed by atoms with Crippen LogP contribution in [0.1, 0.15) is 45.2 Å². The van der Waals surface area contributed by atoms with Gasteiger partial charge in [-0.25, -0.2) is 4.39 Å². The lowest BCUT2D eigenvalue weighted by Crippen LogP contribution is -2.44. The third-order valence-electron chi connectivity index (χ3n) is 4.47. The Labute approximate surface area is 127 Å². The summed E-state index contributed by atoms with van der Waals surface area (Å²) >= 11 is 0. The van der Waals surface area contributed by atoms with E-state index in [1.165, 1.54) is 44.1 Å². The molecule has 4 heteroatoms. The van der Waals surface area contributed by atoms with Crippen molar-refractivity contribution in [3.05, 3.63) is 29.6 Å². The second-order valence-corrected chi connectivity index (χ2v) is 6.39. The number of phenols is 1. The Morgan fingerprint density at radius 3 is 2.52 bits per heavy atom. The topological polar surface area (TPSA) is 35.5 Å². The predicted molar refractivity (Wildman–Crippen MR) is 83.9 cm³/mol. The highest BCUT2D eigenvalue weighted by molar-refractivity contribution is 5.34. The molecule has 21 heavy (non-hydrogen) atoms. The van der Waals surface area contributed by atoms with Gasteiger partial charge in [0.25, 0.3) is 0 Å². The Kier molecular flexibility index (Phi) is 5.59. The first-order valence-corrected chi connectivity index (χ1v) is 7.95. The number of phenolic OH excluding ortho intramolecular Hbond substituents is 1. The third kappa shape index (κ3) is 4.17. The first kappa shape index (κ1) is 16.2. The van der Waals surface area contributed by atoms with Crippen molar-refractivity contribution in [2.75, 3.05) is 19.6 Å². The minimum atomic E-state index is -0.309. The van der Waals surface area contributed by atoms with Crippen molar-refractivity contribution >= 4 is 0 Å². The van der Waals surface area contributed by atoms with Gasteiger partial charge < -0.3 is 10.4 Å². The molecule has 2 N–H and O–H groups in total. The van der Waals surface area contributed by atoms with Crippen molar-refractivity contribution in [1.29, 1.82) is 0 Å². The van der Waals surface area contributed by atoms with Crippen LogP contribution in [0.25, 0.3) is 0 Å². The maximum atomic E-state index is 13.3. The molecule has 0 bridgehead atoms. The van der Waals surface area contributed by atoms with Gasteiger partial charge in [-0.05, 0) is 57.0 Å². The fraction of sp³-hybridized carbons (Fsp3) is 0.647. The Morgan fingerprint density at radius 2 is 1.90 bits per heavy atom. The largest absolute Gasteiger partial charge is 0.508 e. The minimum absolute atomic E-state index is 0.0652. The van der Waals surface area contributed by atoms with Gasteiger partial charge in [0.15, 0.2) is 0 Å². The molecule has 2 atom stereocenters. The Hall–Kier alpha value is -1.13. The van der Waals surface area contributed by atoms with Crippen LogP contribution >= 0.6 is 0 Å². The van der Waals surface area contributed by atoms with E-state index in [1.807, 2.05) is 6.92 Å². The number of halogens is 1. The lowest BCUT2D eigenvalue weighted by molar-refractivity contribution is 0.182. The summed E-state index contributed by atoms with van der Waals surface area (Å²) in [6.45, 7) is 9.66. The van der Waals surface area contributed by atoms with Crippen LogP contribution in [0, 0.1) is 11.7 Å². The molecule has 1 aromatic carbocycles. The van der Waals surface area contributed by atoms with E-state index >= 15 is 0 Å². The Balaban J connectivity index is 1.98. The molecular weight excluding hydrogens is 267 g/mol. The van der Waals surface area contributed by atoms with Crippen molar-refractivity contribution in [2.45, 2.75) is 45.7 Å². The molecule has 0 radical (unpaired) electrons. The normalized spacial score (nSPS) is 19.1. The number of hydrogen-bond acceptors (Lipinski definition) is 3. The molecule has 0 aliphatic carbocycles. The summed E-state index contributed by atoms with van der Waals surface area (Å²) in [6, 6.07) is 4.54. The van der Waals surface area contributed by atoms with Gasteiger partial charge in [-0.15, -0.1) is 0 Å². The van der Waals surface area contributed by atoms with Crippen LogP contribution in [0.3, 0.4) is 0 Å². The van der Waals surface area contributed by atoms with E-state index in [9.17, 15) is 9.50 Å². The highest BCUT2D eigenvalue weighted by atomic mass is 19.1.